The van der Waals surface area contributed by atoms with Gasteiger partial charge in [0.1, 0.15) is 17.6 Å². The van der Waals surface area contributed by atoms with E-state index in [1.165, 1.54) is 6.07 Å². The Balaban J connectivity index is 1.40. The summed E-state index contributed by atoms with van der Waals surface area (Å²) in [5.74, 6) is -0.267. The number of ether oxygens (including phenoxy) is 1. The Kier molecular flexibility index (Phi) is 5.49. The average Bonchev–Trinajstić information content (AvgIpc) is 3.57. The van der Waals surface area contributed by atoms with Gasteiger partial charge in [0.05, 0.1) is 30.6 Å². The van der Waals surface area contributed by atoms with Crippen molar-refractivity contribution in [3.63, 3.8) is 0 Å². The van der Waals surface area contributed by atoms with Gasteiger partial charge >= 0.3 is 0 Å². The number of anilines is 1. The number of aromatic nitrogens is 4. The molecule has 6 rings (SSSR count). The van der Waals surface area contributed by atoms with E-state index in [0.717, 1.165) is 18.4 Å². The average molecular weight is 497 g/mol. The first-order valence-corrected chi connectivity index (χ1v) is 12.3. The summed E-state index contributed by atoms with van der Waals surface area (Å²) in [5.41, 5.74) is 2.76. The lowest BCUT2D eigenvalue weighted by atomic mass is 9.98. The molecule has 1 amide bonds. The number of halogens is 2. The minimum Gasteiger partial charge on any atom is -0.367 e. The molecule has 0 spiro atoms. The summed E-state index contributed by atoms with van der Waals surface area (Å²) >= 11 is 6.00. The minimum atomic E-state index is -0.476. The summed E-state index contributed by atoms with van der Waals surface area (Å²) in [4.78, 5) is 26.2. The Morgan fingerprint density at radius 3 is 2.74 bits per heavy atom. The van der Waals surface area contributed by atoms with E-state index in [0.29, 0.717) is 65.6 Å². The number of hydrogen-bond donors (Lipinski definition) is 0. The van der Waals surface area contributed by atoms with E-state index < -0.39 is 5.82 Å². The molecule has 0 unspecified atom stereocenters. The van der Waals surface area contributed by atoms with Crippen LogP contribution < -0.4 is 4.90 Å². The van der Waals surface area contributed by atoms with Gasteiger partial charge in [-0.3, -0.25) is 9.48 Å². The van der Waals surface area contributed by atoms with Crippen molar-refractivity contribution in [3.8, 4) is 11.3 Å². The van der Waals surface area contributed by atoms with Gasteiger partial charge in [0.2, 0.25) is 5.95 Å². The molecule has 182 valence electrons. The smallest absolute Gasteiger partial charge is 0.272 e. The van der Waals surface area contributed by atoms with Crippen LogP contribution in [-0.2, 0) is 11.2 Å². The summed E-state index contributed by atoms with van der Waals surface area (Å²) in [6.07, 6.45) is 6.48. The van der Waals surface area contributed by atoms with Gasteiger partial charge in [-0.05, 0) is 44.4 Å². The molecule has 4 heterocycles. The van der Waals surface area contributed by atoms with Gasteiger partial charge in [-0.1, -0.05) is 11.6 Å². The number of nitrogens with zero attached hydrogens (tertiary/aromatic N) is 6. The van der Waals surface area contributed by atoms with Crippen LogP contribution in [0.15, 0.2) is 30.6 Å². The molecule has 0 N–H and O–H groups in total. The molecule has 10 heteroatoms. The topological polar surface area (TPSA) is 76.4 Å². The predicted molar refractivity (Wildman–Crippen MR) is 129 cm³/mol. The fraction of sp³-hybridized carbons (Fsp3) is 0.440. The molecule has 1 aromatic carbocycles. The molecule has 3 aliphatic rings. The Bertz CT molecular complexity index is 1310. The van der Waals surface area contributed by atoms with Crippen LogP contribution >= 0.6 is 11.6 Å². The van der Waals surface area contributed by atoms with Crippen LogP contribution in [0.4, 0.5) is 10.3 Å². The van der Waals surface area contributed by atoms with Crippen LogP contribution in [-0.4, -0.2) is 63.3 Å². The summed E-state index contributed by atoms with van der Waals surface area (Å²) < 4.78 is 23.2. The first kappa shape index (κ1) is 22.4. The zero-order valence-corrected chi connectivity index (χ0v) is 20.4. The first-order chi connectivity index (χ1) is 16.9. The fourth-order valence-electron chi connectivity index (χ4n) is 4.85. The van der Waals surface area contributed by atoms with Gasteiger partial charge < -0.3 is 14.5 Å². The monoisotopic (exact) mass is 496 g/mol. The molecule has 1 saturated heterocycles. The highest BCUT2D eigenvalue weighted by Crippen LogP contribution is 2.37. The molecule has 8 nitrogen and oxygen atoms in total. The molecular weight excluding hydrogens is 471 g/mol. The zero-order valence-electron chi connectivity index (χ0n) is 19.6. The summed E-state index contributed by atoms with van der Waals surface area (Å²) in [6.45, 7) is 3.59. The Hall–Kier alpha value is -3.04. The molecular formula is C25H26ClFN6O2. The second kappa shape index (κ2) is 8.57. The Morgan fingerprint density at radius 2 is 1.97 bits per heavy atom. The standard InChI is InChI=1S/C25H26ClFN6O2/c1-14-11-32(13-21(35-14)15-10-28-33(12-15)17-4-5-17)25-29-22(18-6-3-16(26)9-20(18)27)19-7-8-31(2)24(34)23(19)30-25/h3,6,9-10,12,14,17,21H,4-5,7-8,11,13H2,1-2H3/t14-,21-/m1/s1. The van der Waals surface area contributed by atoms with Crippen LogP contribution in [0.3, 0.4) is 0 Å². The van der Waals surface area contributed by atoms with Crippen molar-refractivity contribution in [2.75, 3.05) is 31.6 Å². The SMILES string of the molecule is C[C@@H]1CN(c2nc3c(c(-c4ccc(Cl)cc4F)n2)CCN(C)C3=O)C[C@H](c2cnn(C3CC3)c2)O1. The highest BCUT2D eigenvalue weighted by Gasteiger charge is 2.34. The summed E-state index contributed by atoms with van der Waals surface area (Å²) in [7, 11) is 1.75. The highest BCUT2D eigenvalue weighted by molar-refractivity contribution is 6.30. The minimum absolute atomic E-state index is 0.0910. The number of carbonyl (C=O) groups is 1. The van der Waals surface area contributed by atoms with Crippen molar-refractivity contribution in [1.82, 2.24) is 24.6 Å². The van der Waals surface area contributed by atoms with E-state index in [2.05, 4.69) is 11.3 Å². The molecule has 0 radical (unpaired) electrons. The molecule has 2 fully saturated rings. The second-order valence-electron chi connectivity index (χ2n) is 9.63. The third kappa shape index (κ3) is 4.16. The van der Waals surface area contributed by atoms with E-state index in [9.17, 15) is 9.18 Å². The van der Waals surface area contributed by atoms with E-state index in [4.69, 9.17) is 26.3 Å². The van der Waals surface area contributed by atoms with Crippen molar-refractivity contribution in [2.24, 2.45) is 0 Å². The normalized spacial score (nSPS) is 22.5. The Morgan fingerprint density at radius 1 is 1.17 bits per heavy atom. The highest BCUT2D eigenvalue weighted by atomic mass is 35.5. The van der Waals surface area contributed by atoms with Crippen LogP contribution in [0, 0.1) is 5.82 Å². The number of morpholine rings is 1. The maximum absolute atomic E-state index is 15.0. The third-order valence-electron chi connectivity index (χ3n) is 6.89. The van der Waals surface area contributed by atoms with Gasteiger partial charge in [0.15, 0.2) is 0 Å². The van der Waals surface area contributed by atoms with Crippen LogP contribution in [0.5, 0.6) is 0 Å². The lowest BCUT2D eigenvalue weighted by Gasteiger charge is -2.37. The van der Waals surface area contributed by atoms with Crippen molar-refractivity contribution in [3.05, 3.63) is 58.3 Å². The molecule has 0 bridgehead atoms. The van der Waals surface area contributed by atoms with Crippen molar-refractivity contribution in [1.29, 1.82) is 0 Å². The summed E-state index contributed by atoms with van der Waals surface area (Å²) in [5, 5.41) is 4.81. The van der Waals surface area contributed by atoms with Crippen LogP contribution in [0.2, 0.25) is 5.02 Å². The summed E-state index contributed by atoms with van der Waals surface area (Å²) in [6, 6.07) is 5.01. The number of benzene rings is 1. The van der Waals surface area contributed by atoms with Gasteiger partial charge in [-0.25, -0.2) is 14.4 Å². The third-order valence-corrected chi connectivity index (χ3v) is 7.12. The van der Waals surface area contributed by atoms with E-state index in [1.54, 1.807) is 24.1 Å². The number of fused-ring (bicyclic) bond motifs is 1. The van der Waals surface area contributed by atoms with Gasteiger partial charge in [0.25, 0.3) is 5.91 Å². The van der Waals surface area contributed by atoms with Crippen LogP contribution in [0.1, 0.15) is 53.5 Å². The van der Waals surface area contributed by atoms with Crippen molar-refractivity contribution < 1.29 is 13.9 Å². The maximum Gasteiger partial charge on any atom is 0.272 e. The number of hydrogen-bond acceptors (Lipinski definition) is 6. The quantitative estimate of drug-likeness (QED) is 0.542. The molecule has 35 heavy (non-hydrogen) atoms. The lowest BCUT2D eigenvalue weighted by Crippen LogP contribution is -2.44. The van der Waals surface area contributed by atoms with Gasteiger partial charge in [-0.15, -0.1) is 0 Å². The molecule has 3 aromatic rings. The Labute approximate surface area is 207 Å². The molecule has 2 aliphatic heterocycles. The second-order valence-corrected chi connectivity index (χ2v) is 10.1. The molecule has 1 aliphatic carbocycles. The van der Waals surface area contributed by atoms with Crippen molar-refractivity contribution >= 4 is 23.5 Å². The van der Waals surface area contributed by atoms with E-state index >= 15 is 0 Å². The zero-order chi connectivity index (χ0) is 24.3. The predicted octanol–water partition coefficient (Wildman–Crippen LogP) is 4.06. The molecule has 2 aromatic heterocycles. The molecule has 2 atom stereocenters. The van der Waals surface area contributed by atoms with E-state index in [-0.39, 0.29) is 18.1 Å². The number of rotatable bonds is 4. The first-order valence-electron chi connectivity index (χ1n) is 11.9. The van der Waals surface area contributed by atoms with Gasteiger partial charge in [0, 0.05) is 48.0 Å². The van der Waals surface area contributed by atoms with Gasteiger partial charge in [-0.2, -0.15) is 5.10 Å². The molecule has 1 saturated carbocycles. The van der Waals surface area contributed by atoms with Crippen molar-refractivity contribution in [2.45, 2.75) is 44.4 Å². The largest absolute Gasteiger partial charge is 0.367 e. The maximum atomic E-state index is 15.0. The number of likely N-dealkylation sites (N-methyl/N-ethyl adjacent to an activating group) is 1. The fourth-order valence-corrected chi connectivity index (χ4v) is 5.01. The lowest BCUT2D eigenvalue weighted by molar-refractivity contribution is -0.0179. The number of carbonyl (C=O) groups excluding carboxylic acids is 1. The van der Waals surface area contributed by atoms with Crippen LogP contribution in [0.25, 0.3) is 11.3 Å². The van der Waals surface area contributed by atoms with E-state index in [1.807, 2.05) is 22.7 Å². The number of amides is 1.